The van der Waals surface area contributed by atoms with Crippen LogP contribution < -0.4 is 20.5 Å². The Morgan fingerprint density at radius 1 is 0.889 bits per heavy atom. The van der Waals surface area contributed by atoms with E-state index in [2.05, 4.69) is 10.2 Å². The van der Waals surface area contributed by atoms with Gasteiger partial charge in [-0.2, -0.15) is 0 Å². The smallest absolute Gasteiger partial charge is 0.255 e. The summed E-state index contributed by atoms with van der Waals surface area (Å²) in [6.45, 7) is 0.596. The third-order valence-corrected chi connectivity index (χ3v) is 7.63. The molecule has 0 saturated heterocycles. The highest BCUT2D eigenvalue weighted by Crippen LogP contribution is 2.31. The summed E-state index contributed by atoms with van der Waals surface area (Å²) in [4.78, 5) is 28.5. The molecule has 0 aliphatic heterocycles. The number of hydrogen-bond acceptors (Lipinski definition) is 5. The highest BCUT2D eigenvalue weighted by Gasteiger charge is 2.32. The number of carbonyl (C=O) groups is 2. The number of anilines is 1. The van der Waals surface area contributed by atoms with Crippen molar-refractivity contribution in [2.45, 2.75) is 76.4 Å². The molecule has 4 rings (SSSR count). The van der Waals surface area contributed by atoms with Crippen LogP contribution in [0.25, 0.3) is 0 Å². The van der Waals surface area contributed by atoms with Crippen molar-refractivity contribution in [1.29, 1.82) is 0 Å². The Morgan fingerprint density at radius 3 is 2.19 bits per heavy atom. The summed E-state index contributed by atoms with van der Waals surface area (Å²) in [5, 5.41) is 2.94. The number of methoxy groups -OCH3 is 2. The second-order valence-electron chi connectivity index (χ2n) is 10.1. The zero-order chi connectivity index (χ0) is 25.5. The minimum Gasteiger partial charge on any atom is -0.493 e. The Labute approximate surface area is 214 Å². The highest BCUT2D eigenvalue weighted by atomic mass is 16.5. The second kappa shape index (κ2) is 12.3. The molecule has 2 amide bonds. The molecule has 3 N–H and O–H groups in total. The van der Waals surface area contributed by atoms with Crippen LogP contribution in [0.4, 0.5) is 5.69 Å². The van der Waals surface area contributed by atoms with Gasteiger partial charge in [-0.05, 0) is 74.4 Å². The Hall–Kier alpha value is -3.06. The maximum atomic E-state index is 13.6. The van der Waals surface area contributed by atoms with Gasteiger partial charge in [0.1, 0.15) is 0 Å². The molecule has 0 atom stereocenters. The summed E-state index contributed by atoms with van der Waals surface area (Å²) < 4.78 is 10.6. The number of benzene rings is 2. The van der Waals surface area contributed by atoms with E-state index in [-0.39, 0.29) is 23.9 Å². The second-order valence-corrected chi connectivity index (χ2v) is 10.1. The summed E-state index contributed by atoms with van der Waals surface area (Å²) in [7, 11) is 3.11. The van der Waals surface area contributed by atoms with E-state index < -0.39 is 0 Å². The molecule has 0 bridgehead atoms. The summed E-state index contributed by atoms with van der Waals surface area (Å²) in [6, 6.07) is 13.4. The molecule has 0 unspecified atom stereocenters. The van der Waals surface area contributed by atoms with Gasteiger partial charge < -0.3 is 25.4 Å². The lowest BCUT2D eigenvalue weighted by Gasteiger charge is -2.39. The lowest BCUT2D eigenvalue weighted by atomic mass is 9.85. The van der Waals surface area contributed by atoms with E-state index in [9.17, 15) is 9.59 Å². The number of rotatable bonds is 8. The van der Waals surface area contributed by atoms with E-state index in [1.165, 1.54) is 6.42 Å². The van der Waals surface area contributed by atoms with Gasteiger partial charge in [0, 0.05) is 35.8 Å². The third-order valence-electron chi connectivity index (χ3n) is 7.63. The maximum absolute atomic E-state index is 13.6. The van der Waals surface area contributed by atoms with E-state index in [1.54, 1.807) is 32.4 Å². The predicted octanol–water partition coefficient (Wildman–Crippen LogP) is 5.13. The fourth-order valence-corrected chi connectivity index (χ4v) is 5.46. The van der Waals surface area contributed by atoms with Crippen LogP contribution in [0.3, 0.4) is 0 Å². The minimum absolute atomic E-state index is 0.148. The maximum Gasteiger partial charge on any atom is 0.255 e. The number of ether oxygens (including phenoxy) is 2. The van der Waals surface area contributed by atoms with Crippen molar-refractivity contribution in [2.75, 3.05) is 19.5 Å². The zero-order valence-electron chi connectivity index (χ0n) is 21.5. The number of amides is 2. The van der Waals surface area contributed by atoms with Crippen LogP contribution in [0.15, 0.2) is 42.5 Å². The highest BCUT2D eigenvalue weighted by molar-refractivity contribution is 6.04. The topological polar surface area (TPSA) is 93.9 Å². The molecular weight excluding hydrogens is 454 g/mol. The van der Waals surface area contributed by atoms with E-state index in [0.717, 1.165) is 56.9 Å². The molecule has 2 aliphatic carbocycles. The minimum atomic E-state index is -0.226. The molecule has 0 spiro atoms. The largest absolute Gasteiger partial charge is 0.493 e. The third kappa shape index (κ3) is 6.38. The molecule has 7 heteroatoms. The molecule has 0 aromatic heterocycles. The van der Waals surface area contributed by atoms with Gasteiger partial charge in [0.2, 0.25) is 5.91 Å². The van der Waals surface area contributed by atoms with Crippen molar-refractivity contribution in [3.63, 3.8) is 0 Å². The van der Waals surface area contributed by atoms with Gasteiger partial charge in [0.15, 0.2) is 11.5 Å². The van der Waals surface area contributed by atoms with Gasteiger partial charge in [0.25, 0.3) is 5.91 Å². The number of nitrogens with zero attached hydrogens (tertiary/aromatic N) is 1. The molecule has 0 radical (unpaired) electrons. The Bertz CT molecular complexity index is 1030. The molecule has 2 fully saturated rings. The SMILES string of the molecule is COc1ccc(C(=O)Nc2ccc(CN(C(=O)C3CCCCC3)C3CCC(N)CC3)cc2)cc1OC. The zero-order valence-corrected chi connectivity index (χ0v) is 21.5. The fraction of sp³-hybridized carbons (Fsp3) is 0.517. The number of nitrogens with two attached hydrogens (primary N) is 1. The van der Waals surface area contributed by atoms with Crippen molar-refractivity contribution in [2.24, 2.45) is 11.7 Å². The first kappa shape index (κ1) is 26.0. The van der Waals surface area contributed by atoms with Crippen molar-refractivity contribution >= 4 is 17.5 Å². The first-order valence-electron chi connectivity index (χ1n) is 13.2. The Morgan fingerprint density at radius 2 is 1.56 bits per heavy atom. The Balaban J connectivity index is 1.43. The average Bonchev–Trinajstić information content (AvgIpc) is 2.93. The van der Waals surface area contributed by atoms with Crippen LogP contribution in [-0.4, -0.2) is 43.0 Å². The van der Waals surface area contributed by atoms with Gasteiger partial charge in [-0.1, -0.05) is 31.4 Å². The summed E-state index contributed by atoms with van der Waals surface area (Å²) >= 11 is 0. The molecule has 2 aliphatic rings. The van der Waals surface area contributed by atoms with E-state index >= 15 is 0 Å². The van der Waals surface area contributed by atoms with E-state index in [0.29, 0.717) is 35.2 Å². The molecule has 2 aromatic rings. The van der Waals surface area contributed by atoms with E-state index in [4.69, 9.17) is 15.2 Å². The summed E-state index contributed by atoms with van der Waals surface area (Å²) in [5.74, 6) is 1.31. The summed E-state index contributed by atoms with van der Waals surface area (Å²) in [6.07, 6.45) is 9.42. The van der Waals surface area contributed by atoms with Gasteiger partial charge in [-0.3, -0.25) is 9.59 Å². The normalized spacial score (nSPS) is 20.4. The van der Waals surface area contributed by atoms with Crippen molar-refractivity contribution in [3.8, 4) is 11.5 Å². The molecule has 7 nitrogen and oxygen atoms in total. The molecule has 194 valence electrons. The number of nitrogens with one attached hydrogen (secondary N) is 1. The summed E-state index contributed by atoms with van der Waals surface area (Å²) in [5.41, 5.74) is 8.40. The molecule has 0 heterocycles. The number of hydrogen-bond donors (Lipinski definition) is 2. The van der Waals surface area contributed by atoms with Crippen LogP contribution in [0.5, 0.6) is 11.5 Å². The predicted molar refractivity (Wildman–Crippen MR) is 141 cm³/mol. The Kier molecular flexibility index (Phi) is 8.86. The fourth-order valence-electron chi connectivity index (χ4n) is 5.46. The lowest BCUT2D eigenvalue weighted by Crippen LogP contribution is -2.46. The molecule has 2 aromatic carbocycles. The van der Waals surface area contributed by atoms with Crippen molar-refractivity contribution < 1.29 is 19.1 Å². The lowest BCUT2D eigenvalue weighted by molar-refractivity contribution is -0.140. The number of carbonyl (C=O) groups excluding carboxylic acids is 2. The first-order valence-corrected chi connectivity index (χ1v) is 13.2. The van der Waals surface area contributed by atoms with Crippen LogP contribution in [-0.2, 0) is 11.3 Å². The molecular formula is C29H39N3O4. The van der Waals surface area contributed by atoms with Crippen LogP contribution >= 0.6 is 0 Å². The van der Waals surface area contributed by atoms with Gasteiger partial charge in [0.05, 0.1) is 14.2 Å². The van der Waals surface area contributed by atoms with Crippen LogP contribution in [0, 0.1) is 5.92 Å². The van der Waals surface area contributed by atoms with Crippen molar-refractivity contribution in [3.05, 3.63) is 53.6 Å². The first-order chi connectivity index (χ1) is 17.5. The van der Waals surface area contributed by atoms with Crippen LogP contribution in [0.1, 0.15) is 73.7 Å². The molecule has 36 heavy (non-hydrogen) atoms. The molecule has 2 saturated carbocycles. The van der Waals surface area contributed by atoms with Crippen LogP contribution in [0.2, 0.25) is 0 Å². The van der Waals surface area contributed by atoms with Crippen molar-refractivity contribution in [1.82, 2.24) is 4.90 Å². The van der Waals surface area contributed by atoms with Gasteiger partial charge in [-0.15, -0.1) is 0 Å². The van der Waals surface area contributed by atoms with Gasteiger partial charge >= 0.3 is 0 Å². The van der Waals surface area contributed by atoms with E-state index in [1.807, 2.05) is 24.3 Å². The average molecular weight is 494 g/mol. The quantitative estimate of drug-likeness (QED) is 0.531. The van der Waals surface area contributed by atoms with Gasteiger partial charge in [-0.25, -0.2) is 0 Å². The monoisotopic (exact) mass is 493 g/mol. The standard InChI is InChI=1S/C29H39N3O4/c1-35-26-17-10-22(18-27(26)36-2)28(33)31-24-13-8-20(9-14-24)19-32(25-15-11-23(30)12-16-25)29(34)21-6-4-3-5-7-21/h8-10,13-14,17-18,21,23,25H,3-7,11-12,15-16,19,30H2,1-2H3,(H,31,33).